The molecule has 0 aromatic carbocycles. The molecule has 0 N–H and O–H groups in total. The molecule has 15 heavy (non-hydrogen) atoms. The minimum Gasteiger partial charge on any atom is -0.298 e. The molecule has 2 rings (SSSR count). The summed E-state index contributed by atoms with van der Waals surface area (Å²) in [5, 5.41) is 0. The van der Waals surface area contributed by atoms with Gasteiger partial charge in [-0.1, -0.05) is 6.42 Å². The van der Waals surface area contributed by atoms with Gasteiger partial charge in [0.05, 0.1) is 0 Å². The number of fused-ring (bicyclic) bond motifs is 1. The Morgan fingerprint density at radius 3 is 3.00 bits per heavy atom. The number of piperidine rings is 1. The first kappa shape index (κ1) is 11.0. The van der Waals surface area contributed by atoms with Gasteiger partial charge >= 0.3 is 0 Å². The van der Waals surface area contributed by atoms with E-state index < -0.39 is 0 Å². The first-order valence-corrected chi connectivity index (χ1v) is 6.23. The lowest BCUT2D eigenvalue weighted by molar-refractivity contribution is 0.0321. The second-order valence-electron chi connectivity index (χ2n) is 4.94. The van der Waals surface area contributed by atoms with Gasteiger partial charge in [-0.2, -0.15) is 0 Å². The zero-order valence-electron chi connectivity index (χ0n) is 9.78. The molecule has 2 aliphatic rings. The number of hydrogen-bond donors (Lipinski definition) is 0. The fraction of sp³-hybridized carbons (Fsp3) is 0.846. The molecule has 2 atom stereocenters. The van der Waals surface area contributed by atoms with Crippen LogP contribution < -0.4 is 0 Å². The van der Waals surface area contributed by atoms with Crippen molar-refractivity contribution in [2.75, 3.05) is 26.2 Å². The Hall–Kier alpha value is -0.520. The van der Waals surface area contributed by atoms with Crippen LogP contribution in [0.25, 0.3) is 0 Å². The molecule has 2 saturated heterocycles. The van der Waals surface area contributed by atoms with Crippen molar-refractivity contribution in [1.82, 2.24) is 9.80 Å². The van der Waals surface area contributed by atoms with Gasteiger partial charge in [-0.25, -0.2) is 0 Å². The number of nitrogens with zero attached hydrogens (tertiary/aromatic N) is 2. The highest BCUT2D eigenvalue weighted by Gasteiger charge is 2.30. The van der Waals surface area contributed by atoms with E-state index in [1.54, 1.807) is 0 Å². The topological polar surface area (TPSA) is 6.48 Å². The number of piperazine rings is 1. The summed E-state index contributed by atoms with van der Waals surface area (Å²) >= 11 is 0. The van der Waals surface area contributed by atoms with Crippen LogP contribution in [-0.4, -0.2) is 48.1 Å². The van der Waals surface area contributed by atoms with Gasteiger partial charge in [0.2, 0.25) is 0 Å². The van der Waals surface area contributed by atoms with E-state index in [-0.39, 0.29) is 0 Å². The molecule has 0 spiro atoms. The van der Waals surface area contributed by atoms with E-state index in [0.717, 1.165) is 12.5 Å². The molecule has 84 valence electrons. The fourth-order valence-electron chi connectivity index (χ4n) is 2.88. The monoisotopic (exact) mass is 206 g/mol. The molecule has 0 aromatic heterocycles. The third-order valence-corrected chi connectivity index (χ3v) is 3.91. The van der Waals surface area contributed by atoms with Crippen molar-refractivity contribution in [3.8, 4) is 12.3 Å². The van der Waals surface area contributed by atoms with Gasteiger partial charge < -0.3 is 0 Å². The summed E-state index contributed by atoms with van der Waals surface area (Å²) in [5.41, 5.74) is 0. The molecular weight excluding hydrogens is 184 g/mol. The maximum absolute atomic E-state index is 5.38. The lowest BCUT2D eigenvalue weighted by Crippen LogP contribution is -2.56. The van der Waals surface area contributed by atoms with Crippen molar-refractivity contribution in [1.29, 1.82) is 0 Å². The molecule has 0 bridgehead atoms. The van der Waals surface area contributed by atoms with Gasteiger partial charge in [-0.15, -0.1) is 12.3 Å². The highest BCUT2D eigenvalue weighted by molar-refractivity contribution is 4.92. The molecule has 0 radical (unpaired) electrons. The molecule has 2 fully saturated rings. The maximum Gasteiger partial charge on any atom is 0.0240 e. The summed E-state index contributed by atoms with van der Waals surface area (Å²) in [6, 6.07) is 1.38. The van der Waals surface area contributed by atoms with E-state index in [4.69, 9.17) is 6.42 Å². The Labute approximate surface area is 93.6 Å². The van der Waals surface area contributed by atoms with Crippen molar-refractivity contribution in [3.05, 3.63) is 0 Å². The van der Waals surface area contributed by atoms with Gasteiger partial charge in [-0.3, -0.25) is 9.80 Å². The van der Waals surface area contributed by atoms with Crippen LogP contribution >= 0.6 is 0 Å². The molecule has 2 nitrogen and oxygen atoms in total. The molecular formula is C13H22N2. The normalized spacial score (nSPS) is 30.5. The van der Waals surface area contributed by atoms with Crippen LogP contribution in [0.15, 0.2) is 0 Å². The Bertz CT molecular complexity index is 243. The lowest BCUT2D eigenvalue weighted by atomic mass is 9.98. The first-order valence-electron chi connectivity index (χ1n) is 6.23. The third kappa shape index (κ3) is 2.53. The average molecular weight is 206 g/mol. The molecule has 2 aliphatic heterocycles. The predicted molar refractivity (Wildman–Crippen MR) is 63.7 cm³/mol. The van der Waals surface area contributed by atoms with Crippen molar-refractivity contribution < 1.29 is 0 Å². The van der Waals surface area contributed by atoms with E-state index in [1.807, 2.05) is 0 Å². The van der Waals surface area contributed by atoms with Crippen LogP contribution in [0.1, 0.15) is 32.6 Å². The molecule has 0 saturated carbocycles. The molecule has 0 aliphatic carbocycles. The van der Waals surface area contributed by atoms with Gasteiger partial charge in [0, 0.05) is 38.1 Å². The quantitative estimate of drug-likeness (QED) is 0.633. The Kier molecular flexibility index (Phi) is 3.66. The maximum atomic E-state index is 5.38. The smallest absolute Gasteiger partial charge is 0.0240 e. The summed E-state index contributed by atoms with van der Waals surface area (Å²) in [6.45, 7) is 7.28. The van der Waals surface area contributed by atoms with Gasteiger partial charge in [0.1, 0.15) is 0 Å². The van der Waals surface area contributed by atoms with Crippen LogP contribution in [-0.2, 0) is 0 Å². The van der Waals surface area contributed by atoms with Crippen LogP contribution in [0, 0.1) is 12.3 Å². The Morgan fingerprint density at radius 2 is 2.20 bits per heavy atom. The van der Waals surface area contributed by atoms with Crippen LogP contribution in [0.4, 0.5) is 0 Å². The van der Waals surface area contributed by atoms with E-state index in [1.165, 1.54) is 45.4 Å². The first-order chi connectivity index (χ1) is 7.31. The number of terminal acetylenes is 1. The van der Waals surface area contributed by atoms with Gasteiger partial charge in [0.15, 0.2) is 0 Å². The second kappa shape index (κ2) is 5.01. The highest BCUT2D eigenvalue weighted by atomic mass is 15.3. The van der Waals surface area contributed by atoms with Gasteiger partial charge in [-0.05, 0) is 26.3 Å². The standard InChI is InChI=1S/C13H22N2/c1-3-6-12(2)15-10-9-14-8-5-4-7-13(14)11-15/h1,12-13H,4-11H2,2H3. The van der Waals surface area contributed by atoms with E-state index in [9.17, 15) is 0 Å². The minimum atomic E-state index is 0.569. The SMILES string of the molecule is C#CCC(C)N1CCN2CCCCC2C1. The molecule has 0 amide bonds. The Morgan fingerprint density at radius 1 is 1.33 bits per heavy atom. The van der Waals surface area contributed by atoms with E-state index >= 15 is 0 Å². The van der Waals surface area contributed by atoms with Crippen LogP contribution in [0.3, 0.4) is 0 Å². The molecule has 2 heteroatoms. The van der Waals surface area contributed by atoms with Crippen molar-refractivity contribution in [2.24, 2.45) is 0 Å². The fourth-order valence-corrected chi connectivity index (χ4v) is 2.88. The van der Waals surface area contributed by atoms with Gasteiger partial charge in [0.25, 0.3) is 0 Å². The largest absolute Gasteiger partial charge is 0.298 e. The molecule has 0 aromatic rings. The van der Waals surface area contributed by atoms with Crippen molar-refractivity contribution >= 4 is 0 Å². The third-order valence-electron chi connectivity index (χ3n) is 3.91. The summed E-state index contributed by atoms with van der Waals surface area (Å²) < 4.78 is 0. The predicted octanol–water partition coefficient (Wildman–Crippen LogP) is 1.57. The van der Waals surface area contributed by atoms with E-state index in [0.29, 0.717) is 6.04 Å². The summed E-state index contributed by atoms with van der Waals surface area (Å²) in [6.07, 6.45) is 10.5. The van der Waals surface area contributed by atoms with Crippen LogP contribution in [0.2, 0.25) is 0 Å². The molecule has 2 unspecified atom stereocenters. The highest BCUT2D eigenvalue weighted by Crippen LogP contribution is 2.22. The summed E-state index contributed by atoms with van der Waals surface area (Å²) in [4.78, 5) is 5.24. The molecule has 2 heterocycles. The summed E-state index contributed by atoms with van der Waals surface area (Å²) in [7, 11) is 0. The van der Waals surface area contributed by atoms with Crippen molar-refractivity contribution in [2.45, 2.75) is 44.7 Å². The minimum absolute atomic E-state index is 0.569. The average Bonchev–Trinajstić information content (AvgIpc) is 2.29. The number of hydrogen-bond acceptors (Lipinski definition) is 2. The summed E-state index contributed by atoms with van der Waals surface area (Å²) in [5.74, 6) is 2.78. The lowest BCUT2D eigenvalue weighted by Gasteiger charge is -2.45. The van der Waals surface area contributed by atoms with E-state index in [2.05, 4.69) is 22.6 Å². The number of rotatable bonds is 2. The zero-order chi connectivity index (χ0) is 10.7. The van der Waals surface area contributed by atoms with Crippen molar-refractivity contribution in [3.63, 3.8) is 0 Å². The zero-order valence-corrected chi connectivity index (χ0v) is 9.78. The Balaban J connectivity index is 1.88. The van der Waals surface area contributed by atoms with Crippen LogP contribution in [0.5, 0.6) is 0 Å². The second-order valence-corrected chi connectivity index (χ2v) is 4.94.